The molecule has 0 N–H and O–H groups in total. The van der Waals surface area contributed by atoms with Gasteiger partial charge in [0, 0.05) is 18.4 Å². The van der Waals surface area contributed by atoms with Gasteiger partial charge in [0.15, 0.2) is 0 Å². The third kappa shape index (κ3) is 5.93. The maximum Gasteiger partial charge on any atom is 0.306 e. The molecule has 0 radical (unpaired) electrons. The van der Waals surface area contributed by atoms with Crippen LogP contribution in [0.3, 0.4) is 0 Å². The molecule has 0 amide bonds. The molecule has 4 aliphatic carbocycles. The zero-order valence-electron chi connectivity index (χ0n) is 31.8. The van der Waals surface area contributed by atoms with E-state index in [1.54, 1.807) is 5.57 Å². The standard InChI is InChI=1S/C45H64O3Si/c1-30(2)32-27-41(47-42(46)28-32)31(3)38-21-22-39-37-20-19-33-29-34(23-25-44(33,7)40(37)24-26-45(38,39)8)48-49(43(4,5)6,35-15-11-9-12-16-35)36-17-13-10-14-18-36/h9-18,21,30-34,37,39-41H,19-20,22-29H2,1-8H3/t31-,32-,33-,34-,37-,39-,40-,41-,44-,45+/m0/s1. The molecule has 3 saturated carbocycles. The Morgan fingerprint density at radius 3 is 2.10 bits per heavy atom. The third-order valence-corrected chi connectivity index (χ3v) is 20.3. The van der Waals surface area contributed by atoms with Crippen LogP contribution in [0.25, 0.3) is 0 Å². The van der Waals surface area contributed by atoms with E-state index in [1.807, 2.05) is 0 Å². The summed E-state index contributed by atoms with van der Waals surface area (Å²) in [5, 5.41) is 2.82. The second-order valence-electron chi connectivity index (χ2n) is 18.9. The van der Waals surface area contributed by atoms with Crippen molar-refractivity contribution in [1.29, 1.82) is 0 Å². The molecular weight excluding hydrogens is 617 g/mol. The van der Waals surface area contributed by atoms with Crippen molar-refractivity contribution in [1.82, 2.24) is 0 Å². The Hall–Kier alpha value is -2.17. The van der Waals surface area contributed by atoms with Gasteiger partial charge in [-0.1, -0.05) is 128 Å². The molecule has 49 heavy (non-hydrogen) atoms. The first kappa shape index (κ1) is 35.2. The third-order valence-electron chi connectivity index (χ3n) is 15.3. The summed E-state index contributed by atoms with van der Waals surface area (Å²) in [6.07, 6.45) is 14.8. The summed E-state index contributed by atoms with van der Waals surface area (Å²) in [7, 11) is -2.57. The zero-order chi connectivity index (χ0) is 34.8. The summed E-state index contributed by atoms with van der Waals surface area (Å²) < 4.78 is 13.8. The van der Waals surface area contributed by atoms with Crippen molar-refractivity contribution in [2.45, 2.75) is 137 Å². The highest BCUT2D eigenvalue weighted by atomic mass is 28.4. The second-order valence-corrected chi connectivity index (χ2v) is 23.2. The van der Waals surface area contributed by atoms with Crippen molar-refractivity contribution in [3.05, 3.63) is 72.3 Å². The minimum atomic E-state index is -2.57. The number of rotatable bonds is 7. The first-order chi connectivity index (χ1) is 23.3. The highest BCUT2D eigenvalue weighted by Gasteiger charge is 2.60. The van der Waals surface area contributed by atoms with Crippen molar-refractivity contribution >= 4 is 24.7 Å². The Balaban J connectivity index is 1.09. The van der Waals surface area contributed by atoms with E-state index in [0.29, 0.717) is 35.7 Å². The fourth-order valence-corrected chi connectivity index (χ4v) is 17.2. The number of esters is 1. The molecule has 10 atom stereocenters. The van der Waals surface area contributed by atoms with E-state index in [0.717, 1.165) is 30.1 Å². The van der Waals surface area contributed by atoms with Gasteiger partial charge in [0.25, 0.3) is 8.32 Å². The molecule has 2 aromatic carbocycles. The summed E-state index contributed by atoms with van der Waals surface area (Å²) >= 11 is 0. The lowest BCUT2D eigenvalue weighted by molar-refractivity contribution is -0.161. The predicted octanol–water partition coefficient (Wildman–Crippen LogP) is 10.1. The Morgan fingerprint density at radius 1 is 0.837 bits per heavy atom. The number of cyclic esters (lactones) is 1. The molecule has 4 fully saturated rings. The van der Waals surface area contributed by atoms with Crippen LogP contribution in [0.2, 0.25) is 5.04 Å². The number of allylic oxidation sites excluding steroid dienone is 1. The van der Waals surface area contributed by atoms with Gasteiger partial charge in [0.05, 0.1) is 0 Å². The normalized spacial score (nSPS) is 37.0. The zero-order valence-corrected chi connectivity index (χ0v) is 32.8. The minimum Gasteiger partial charge on any atom is -0.462 e. The van der Waals surface area contributed by atoms with Gasteiger partial charge in [0.2, 0.25) is 0 Å². The van der Waals surface area contributed by atoms with Crippen molar-refractivity contribution in [3.63, 3.8) is 0 Å². The van der Waals surface area contributed by atoms with Crippen molar-refractivity contribution in [2.24, 2.45) is 52.3 Å². The average Bonchev–Trinajstić information content (AvgIpc) is 3.44. The van der Waals surface area contributed by atoms with Crippen LogP contribution in [0.15, 0.2) is 72.3 Å². The summed E-state index contributed by atoms with van der Waals surface area (Å²) in [6.45, 7) is 19.4. The fraction of sp³-hybridized carbons (Fsp3) is 0.667. The summed E-state index contributed by atoms with van der Waals surface area (Å²) in [4.78, 5) is 12.7. The van der Waals surface area contributed by atoms with E-state index < -0.39 is 8.32 Å². The van der Waals surface area contributed by atoms with Gasteiger partial charge in [-0.3, -0.25) is 4.79 Å². The SMILES string of the molecule is CC(C)[C@@H]1CC(=O)O[C@H]([C@@H](C)C2=CC[C@H]3[C@@H]4CC[C@H]5C[C@@H](O[Si](c6ccccc6)(c6ccccc6)C(C)(C)C)CC[C@]5(C)[C@H]4CC[C@]23C)C1. The van der Waals surface area contributed by atoms with Crippen LogP contribution in [-0.2, 0) is 14.0 Å². The molecule has 1 aliphatic heterocycles. The summed E-state index contributed by atoms with van der Waals surface area (Å²) in [5.41, 5.74) is 2.26. The van der Waals surface area contributed by atoms with Crippen LogP contribution in [0.1, 0.15) is 120 Å². The van der Waals surface area contributed by atoms with Gasteiger partial charge in [0.1, 0.15) is 6.10 Å². The first-order valence-electron chi connectivity index (χ1n) is 20.0. The lowest BCUT2D eigenvalue weighted by atomic mass is 9.44. The molecule has 3 nitrogen and oxygen atoms in total. The number of carbonyl (C=O) groups is 1. The van der Waals surface area contributed by atoms with Crippen molar-refractivity contribution in [2.75, 3.05) is 0 Å². The Kier molecular flexibility index (Phi) is 9.42. The number of carbonyl (C=O) groups excluding carboxylic acids is 1. The number of hydrogen-bond donors (Lipinski definition) is 0. The maximum atomic E-state index is 12.7. The van der Waals surface area contributed by atoms with E-state index in [9.17, 15) is 4.79 Å². The number of hydrogen-bond acceptors (Lipinski definition) is 3. The summed E-state index contributed by atoms with van der Waals surface area (Å²) in [6, 6.07) is 22.5. The molecule has 7 rings (SSSR count). The number of benzene rings is 2. The van der Waals surface area contributed by atoms with Crippen LogP contribution >= 0.6 is 0 Å². The lowest BCUT2D eigenvalue weighted by Gasteiger charge is -2.61. The predicted molar refractivity (Wildman–Crippen MR) is 204 cm³/mol. The monoisotopic (exact) mass is 680 g/mol. The molecule has 0 bridgehead atoms. The van der Waals surface area contributed by atoms with E-state index in [1.165, 1.54) is 61.7 Å². The minimum absolute atomic E-state index is 0.0118. The van der Waals surface area contributed by atoms with Crippen LogP contribution in [0.4, 0.5) is 0 Å². The molecular formula is C45H64O3Si. The first-order valence-corrected chi connectivity index (χ1v) is 21.9. The van der Waals surface area contributed by atoms with E-state index >= 15 is 0 Å². The topological polar surface area (TPSA) is 35.5 Å². The van der Waals surface area contributed by atoms with Gasteiger partial charge < -0.3 is 9.16 Å². The number of fused-ring (bicyclic) bond motifs is 5. The van der Waals surface area contributed by atoms with Crippen LogP contribution in [0.5, 0.6) is 0 Å². The van der Waals surface area contributed by atoms with Crippen molar-refractivity contribution in [3.8, 4) is 0 Å². The summed E-state index contributed by atoms with van der Waals surface area (Å²) in [5.74, 6) is 4.38. The lowest BCUT2D eigenvalue weighted by Crippen LogP contribution is -2.68. The smallest absolute Gasteiger partial charge is 0.306 e. The Bertz CT molecular complexity index is 1470. The molecule has 0 spiro atoms. The quantitative estimate of drug-likeness (QED) is 0.166. The molecule has 2 aromatic rings. The fourth-order valence-electron chi connectivity index (χ4n) is 12.4. The van der Waals surface area contributed by atoms with Crippen LogP contribution in [0, 0.1) is 52.3 Å². The van der Waals surface area contributed by atoms with E-state index in [4.69, 9.17) is 9.16 Å². The van der Waals surface area contributed by atoms with Crippen LogP contribution in [-0.4, -0.2) is 26.5 Å². The van der Waals surface area contributed by atoms with Crippen molar-refractivity contribution < 1.29 is 14.0 Å². The molecule has 1 heterocycles. The number of ether oxygens (including phenoxy) is 1. The second kappa shape index (κ2) is 13.1. The average molecular weight is 681 g/mol. The highest BCUT2D eigenvalue weighted by Crippen LogP contribution is 2.67. The van der Waals surface area contributed by atoms with E-state index in [2.05, 4.69) is 122 Å². The molecule has 5 aliphatic rings. The van der Waals surface area contributed by atoms with Gasteiger partial charge in [-0.15, -0.1) is 0 Å². The highest BCUT2D eigenvalue weighted by molar-refractivity contribution is 6.99. The maximum absolute atomic E-state index is 12.7. The Morgan fingerprint density at radius 2 is 1.49 bits per heavy atom. The van der Waals surface area contributed by atoms with Gasteiger partial charge in [-0.05, 0) is 120 Å². The molecule has 266 valence electrons. The molecule has 0 aromatic heterocycles. The van der Waals surface area contributed by atoms with Crippen LogP contribution < -0.4 is 10.4 Å². The molecule has 0 unspecified atom stereocenters. The van der Waals surface area contributed by atoms with Gasteiger partial charge in [-0.25, -0.2) is 0 Å². The molecule has 1 saturated heterocycles. The molecule has 4 heteroatoms. The van der Waals surface area contributed by atoms with Gasteiger partial charge in [-0.2, -0.15) is 0 Å². The van der Waals surface area contributed by atoms with E-state index in [-0.39, 0.29) is 22.5 Å². The largest absolute Gasteiger partial charge is 0.462 e. The van der Waals surface area contributed by atoms with Gasteiger partial charge >= 0.3 is 5.97 Å². The Labute approximate surface area is 299 Å².